The van der Waals surface area contributed by atoms with E-state index in [1.165, 1.54) is 12.1 Å². The van der Waals surface area contributed by atoms with Crippen LogP contribution in [-0.2, 0) is 0 Å². The molecule has 3 rings (SSSR count). The standard InChI is InChI=1S/C16H9F3O3/c17-16(18,19)22-13-6-10(9-20)5-12(7-13)15-8-11-3-1-2-4-14(11)21-15/h1-9H. The number of benzene rings is 2. The van der Waals surface area contributed by atoms with Gasteiger partial charge >= 0.3 is 6.36 Å². The zero-order valence-electron chi connectivity index (χ0n) is 11.1. The maximum atomic E-state index is 12.3. The number of aldehydes is 1. The Morgan fingerprint density at radius 1 is 1.05 bits per heavy atom. The van der Waals surface area contributed by atoms with Gasteiger partial charge in [0.2, 0.25) is 0 Å². The maximum Gasteiger partial charge on any atom is 0.573 e. The minimum absolute atomic E-state index is 0.0669. The Morgan fingerprint density at radius 2 is 1.82 bits per heavy atom. The van der Waals surface area contributed by atoms with Gasteiger partial charge in [-0.3, -0.25) is 4.79 Å². The third-order valence-corrected chi connectivity index (χ3v) is 3.01. The molecule has 0 amide bonds. The van der Waals surface area contributed by atoms with E-state index >= 15 is 0 Å². The molecule has 0 unspecified atom stereocenters. The van der Waals surface area contributed by atoms with Crippen LogP contribution in [0.3, 0.4) is 0 Å². The topological polar surface area (TPSA) is 39.4 Å². The SMILES string of the molecule is O=Cc1cc(OC(F)(F)F)cc(-c2cc3ccccc3o2)c1. The number of halogens is 3. The number of rotatable bonds is 3. The number of carbonyl (C=O) groups is 1. The Morgan fingerprint density at radius 3 is 2.50 bits per heavy atom. The summed E-state index contributed by atoms with van der Waals surface area (Å²) in [6, 6.07) is 12.5. The highest BCUT2D eigenvalue weighted by atomic mass is 19.4. The lowest BCUT2D eigenvalue weighted by Crippen LogP contribution is -2.17. The van der Waals surface area contributed by atoms with Gasteiger partial charge in [0.05, 0.1) is 0 Å². The molecule has 0 aliphatic rings. The van der Waals surface area contributed by atoms with E-state index in [4.69, 9.17) is 4.42 Å². The van der Waals surface area contributed by atoms with Gasteiger partial charge in [-0.05, 0) is 30.3 Å². The van der Waals surface area contributed by atoms with Crippen molar-refractivity contribution < 1.29 is 27.1 Å². The van der Waals surface area contributed by atoms with Gasteiger partial charge in [-0.25, -0.2) is 0 Å². The van der Waals surface area contributed by atoms with Gasteiger partial charge in [-0.1, -0.05) is 18.2 Å². The van der Waals surface area contributed by atoms with Crippen molar-refractivity contribution in [2.24, 2.45) is 0 Å². The largest absolute Gasteiger partial charge is 0.573 e. The normalized spacial score (nSPS) is 11.6. The van der Waals surface area contributed by atoms with Crippen LogP contribution < -0.4 is 4.74 Å². The van der Waals surface area contributed by atoms with E-state index in [1.54, 1.807) is 18.2 Å². The van der Waals surface area contributed by atoms with E-state index in [-0.39, 0.29) is 5.56 Å². The summed E-state index contributed by atoms with van der Waals surface area (Å²) < 4.78 is 46.5. The van der Waals surface area contributed by atoms with Gasteiger partial charge in [0, 0.05) is 16.5 Å². The zero-order valence-corrected chi connectivity index (χ0v) is 11.1. The van der Waals surface area contributed by atoms with E-state index in [2.05, 4.69) is 4.74 Å². The molecule has 0 aliphatic carbocycles. The van der Waals surface area contributed by atoms with Gasteiger partial charge in [0.15, 0.2) is 0 Å². The van der Waals surface area contributed by atoms with Crippen LogP contribution in [0.2, 0.25) is 0 Å². The molecule has 0 spiro atoms. The minimum atomic E-state index is -4.83. The van der Waals surface area contributed by atoms with Crippen LogP contribution in [-0.4, -0.2) is 12.6 Å². The quantitative estimate of drug-likeness (QED) is 0.652. The van der Waals surface area contributed by atoms with Crippen molar-refractivity contribution >= 4 is 17.3 Å². The molecule has 0 N–H and O–H groups in total. The molecule has 6 heteroatoms. The predicted octanol–water partition coefficient (Wildman–Crippen LogP) is 4.81. The van der Waals surface area contributed by atoms with Crippen LogP contribution in [0.15, 0.2) is 52.9 Å². The molecule has 1 aromatic heterocycles. The maximum absolute atomic E-state index is 12.3. The number of fused-ring (bicyclic) bond motifs is 1. The highest BCUT2D eigenvalue weighted by molar-refractivity contribution is 5.85. The van der Waals surface area contributed by atoms with E-state index < -0.39 is 12.1 Å². The van der Waals surface area contributed by atoms with Crippen molar-refractivity contribution in [1.29, 1.82) is 0 Å². The average molecular weight is 306 g/mol. The van der Waals surface area contributed by atoms with Crippen LogP contribution in [0, 0.1) is 0 Å². The highest BCUT2D eigenvalue weighted by Crippen LogP contribution is 2.32. The first kappa shape index (κ1) is 14.2. The lowest BCUT2D eigenvalue weighted by Gasteiger charge is -2.10. The van der Waals surface area contributed by atoms with Gasteiger partial charge < -0.3 is 9.15 Å². The fraction of sp³-hybridized carbons (Fsp3) is 0.0625. The number of furan rings is 1. The number of hydrogen-bond donors (Lipinski definition) is 0. The molecule has 0 saturated carbocycles. The molecule has 0 radical (unpaired) electrons. The Labute approximate surface area is 122 Å². The molecule has 22 heavy (non-hydrogen) atoms. The third kappa shape index (κ3) is 2.95. The summed E-state index contributed by atoms with van der Waals surface area (Å²) in [6.07, 6.45) is -4.37. The van der Waals surface area contributed by atoms with Crippen LogP contribution in [0.5, 0.6) is 5.75 Å². The summed E-state index contributed by atoms with van der Waals surface area (Å²) in [5.41, 5.74) is 1.00. The molecule has 3 nitrogen and oxygen atoms in total. The second-order valence-corrected chi connectivity index (χ2v) is 4.60. The Kier molecular flexibility index (Phi) is 3.36. The molecule has 3 aromatic rings. The first-order valence-corrected chi connectivity index (χ1v) is 6.29. The summed E-state index contributed by atoms with van der Waals surface area (Å²) >= 11 is 0. The monoisotopic (exact) mass is 306 g/mol. The number of ether oxygens (including phenoxy) is 1. The van der Waals surface area contributed by atoms with E-state index in [0.29, 0.717) is 23.2 Å². The first-order chi connectivity index (χ1) is 10.4. The molecule has 0 aliphatic heterocycles. The summed E-state index contributed by atoms with van der Waals surface area (Å²) in [4.78, 5) is 10.9. The van der Waals surface area contributed by atoms with E-state index in [0.717, 1.165) is 11.5 Å². The molecule has 0 saturated heterocycles. The van der Waals surface area contributed by atoms with Gasteiger partial charge in [-0.2, -0.15) is 0 Å². The number of hydrogen-bond acceptors (Lipinski definition) is 3. The Hall–Kier alpha value is -2.76. The zero-order chi connectivity index (χ0) is 15.7. The third-order valence-electron chi connectivity index (χ3n) is 3.01. The number of alkyl halides is 3. The minimum Gasteiger partial charge on any atom is -0.456 e. The lowest BCUT2D eigenvalue weighted by molar-refractivity contribution is -0.274. The summed E-state index contributed by atoms with van der Waals surface area (Å²) in [6.45, 7) is 0. The van der Waals surface area contributed by atoms with Gasteiger partial charge in [-0.15, -0.1) is 13.2 Å². The van der Waals surface area contributed by atoms with Gasteiger partial charge in [0.1, 0.15) is 23.4 Å². The van der Waals surface area contributed by atoms with Crippen LogP contribution in [0.25, 0.3) is 22.3 Å². The number of carbonyl (C=O) groups excluding carboxylic acids is 1. The van der Waals surface area contributed by atoms with Crippen molar-refractivity contribution in [1.82, 2.24) is 0 Å². The molecule has 112 valence electrons. The van der Waals surface area contributed by atoms with Crippen molar-refractivity contribution in [3.8, 4) is 17.1 Å². The van der Waals surface area contributed by atoms with E-state index in [9.17, 15) is 18.0 Å². The van der Waals surface area contributed by atoms with Crippen molar-refractivity contribution in [3.63, 3.8) is 0 Å². The highest BCUT2D eigenvalue weighted by Gasteiger charge is 2.31. The molecule has 0 bridgehead atoms. The fourth-order valence-corrected chi connectivity index (χ4v) is 2.15. The molecule has 1 heterocycles. The Bertz CT molecular complexity index is 801. The van der Waals surface area contributed by atoms with Crippen molar-refractivity contribution in [2.75, 3.05) is 0 Å². The molecular weight excluding hydrogens is 297 g/mol. The van der Waals surface area contributed by atoms with Crippen molar-refractivity contribution in [2.45, 2.75) is 6.36 Å². The summed E-state index contributed by atoms with van der Waals surface area (Å²) in [5.74, 6) is -0.107. The predicted molar refractivity (Wildman–Crippen MR) is 73.7 cm³/mol. The Balaban J connectivity index is 2.08. The molecule has 0 fully saturated rings. The fourth-order valence-electron chi connectivity index (χ4n) is 2.15. The smallest absolute Gasteiger partial charge is 0.456 e. The lowest BCUT2D eigenvalue weighted by atomic mass is 10.1. The summed E-state index contributed by atoms with van der Waals surface area (Å²) in [5, 5.41) is 0.812. The average Bonchev–Trinajstić information content (AvgIpc) is 2.89. The molecule has 0 atom stereocenters. The van der Waals surface area contributed by atoms with Crippen LogP contribution >= 0.6 is 0 Å². The molecular formula is C16H9F3O3. The number of para-hydroxylation sites is 1. The second-order valence-electron chi connectivity index (χ2n) is 4.60. The van der Waals surface area contributed by atoms with Crippen LogP contribution in [0.4, 0.5) is 13.2 Å². The van der Waals surface area contributed by atoms with E-state index in [1.807, 2.05) is 12.1 Å². The van der Waals surface area contributed by atoms with Crippen LogP contribution in [0.1, 0.15) is 10.4 Å². The summed E-state index contributed by atoms with van der Waals surface area (Å²) in [7, 11) is 0. The molecule has 2 aromatic carbocycles. The van der Waals surface area contributed by atoms with Gasteiger partial charge in [0.25, 0.3) is 0 Å². The van der Waals surface area contributed by atoms with Crippen molar-refractivity contribution in [3.05, 3.63) is 54.1 Å². The first-order valence-electron chi connectivity index (χ1n) is 6.29. The second kappa shape index (κ2) is 5.22.